The number of aromatic nitrogens is 4. The van der Waals surface area contributed by atoms with Crippen LogP contribution >= 0.6 is 11.6 Å². The van der Waals surface area contributed by atoms with E-state index >= 15 is 0 Å². The van der Waals surface area contributed by atoms with Gasteiger partial charge < -0.3 is 5.32 Å². The summed E-state index contributed by atoms with van der Waals surface area (Å²) in [6.07, 6.45) is 0. The molecule has 6 heteroatoms. The lowest BCUT2D eigenvalue weighted by atomic mass is 10.1. The fourth-order valence-electron chi connectivity index (χ4n) is 3.09. The Morgan fingerprint density at radius 2 is 1.70 bits per heavy atom. The van der Waals surface area contributed by atoms with Crippen molar-refractivity contribution in [3.05, 3.63) is 70.0 Å². The van der Waals surface area contributed by atoms with E-state index in [0.29, 0.717) is 16.7 Å². The summed E-state index contributed by atoms with van der Waals surface area (Å²) in [6, 6.07) is 13.8. The predicted octanol–water partition coefficient (Wildman–Crippen LogP) is 5.45. The number of rotatable bonds is 3. The molecule has 0 aliphatic heterocycles. The van der Waals surface area contributed by atoms with Crippen LogP contribution in [0.15, 0.2) is 42.5 Å². The second kappa shape index (κ2) is 6.67. The van der Waals surface area contributed by atoms with Gasteiger partial charge in [0.25, 0.3) is 0 Å². The first-order valence-electron chi connectivity index (χ1n) is 8.76. The maximum Gasteiger partial charge on any atom is 0.197 e. The fraction of sp³-hybridized carbons (Fsp3) is 0.190. The van der Waals surface area contributed by atoms with Gasteiger partial charge in [-0.2, -0.15) is 5.10 Å². The molecule has 0 unspecified atom stereocenters. The van der Waals surface area contributed by atoms with Crippen molar-refractivity contribution in [2.24, 2.45) is 0 Å². The number of nitrogens with one attached hydrogen (secondary N) is 1. The Labute approximate surface area is 163 Å². The van der Waals surface area contributed by atoms with Crippen LogP contribution in [0.2, 0.25) is 5.02 Å². The molecule has 0 saturated heterocycles. The van der Waals surface area contributed by atoms with Gasteiger partial charge in [-0.3, -0.25) is 0 Å². The molecule has 0 aliphatic rings. The Morgan fingerprint density at radius 3 is 2.44 bits per heavy atom. The molecule has 136 valence electrons. The zero-order valence-electron chi connectivity index (χ0n) is 15.7. The molecular weight excluding hydrogens is 358 g/mol. The number of halogens is 1. The Hall–Kier alpha value is -2.92. The zero-order chi connectivity index (χ0) is 19.1. The Kier molecular flexibility index (Phi) is 4.32. The fourth-order valence-corrected chi connectivity index (χ4v) is 3.26. The Balaban J connectivity index is 1.94. The Bertz CT molecular complexity index is 1160. The SMILES string of the molecule is Cc1ccc(C)c(Nc2nc3ccc(Cl)cc3nc2-n2nc(C)cc2C)c1. The highest BCUT2D eigenvalue weighted by Gasteiger charge is 2.15. The van der Waals surface area contributed by atoms with Crippen LogP contribution in [0.5, 0.6) is 0 Å². The van der Waals surface area contributed by atoms with Gasteiger partial charge in [0.1, 0.15) is 0 Å². The van der Waals surface area contributed by atoms with Gasteiger partial charge in [-0.1, -0.05) is 23.7 Å². The first-order chi connectivity index (χ1) is 12.9. The monoisotopic (exact) mass is 377 g/mol. The van der Waals surface area contributed by atoms with Crippen molar-refractivity contribution in [3.8, 4) is 5.82 Å². The number of hydrogen-bond acceptors (Lipinski definition) is 4. The van der Waals surface area contributed by atoms with Crippen LogP contribution in [0.4, 0.5) is 11.5 Å². The summed E-state index contributed by atoms with van der Waals surface area (Å²) in [4.78, 5) is 9.64. The summed E-state index contributed by atoms with van der Waals surface area (Å²) in [6.45, 7) is 8.11. The smallest absolute Gasteiger partial charge is 0.197 e. The van der Waals surface area contributed by atoms with Crippen molar-refractivity contribution in [2.45, 2.75) is 27.7 Å². The first-order valence-corrected chi connectivity index (χ1v) is 9.14. The van der Waals surface area contributed by atoms with E-state index in [-0.39, 0.29) is 0 Å². The van der Waals surface area contributed by atoms with Gasteiger partial charge in [0.05, 0.1) is 16.7 Å². The van der Waals surface area contributed by atoms with Crippen molar-refractivity contribution >= 4 is 34.1 Å². The van der Waals surface area contributed by atoms with Crippen molar-refractivity contribution < 1.29 is 0 Å². The number of anilines is 2. The topological polar surface area (TPSA) is 55.6 Å². The number of benzene rings is 2. The summed E-state index contributed by atoms with van der Waals surface area (Å²) in [5, 5.41) is 8.68. The highest BCUT2D eigenvalue weighted by molar-refractivity contribution is 6.31. The van der Waals surface area contributed by atoms with Crippen LogP contribution in [0.1, 0.15) is 22.5 Å². The van der Waals surface area contributed by atoms with Crippen molar-refractivity contribution in [1.82, 2.24) is 19.7 Å². The zero-order valence-corrected chi connectivity index (χ0v) is 16.5. The molecule has 0 saturated carbocycles. The third kappa shape index (κ3) is 3.38. The minimum absolute atomic E-state index is 0.631. The first kappa shape index (κ1) is 17.5. The van der Waals surface area contributed by atoms with Crippen LogP contribution in [0.3, 0.4) is 0 Å². The average molecular weight is 378 g/mol. The second-order valence-corrected chi connectivity index (χ2v) is 7.25. The van der Waals surface area contributed by atoms with Gasteiger partial charge in [-0.05, 0) is 69.2 Å². The predicted molar refractivity (Wildman–Crippen MR) is 110 cm³/mol. The van der Waals surface area contributed by atoms with Gasteiger partial charge in [-0.15, -0.1) is 0 Å². The van der Waals surface area contributed by atoms with Crippen LogP contribution in [0, 0.1) is 27.7 Å². The van der Waals surface area contributed by atoms with Crippen molar-refractivity contribution in [1.29, 1.82) is 0 Å². The molecule has 5 nitrogen and oxygen atoms in total. The lowest BCUT2D eigenvalue weighted by Gasteiger charge is -2.15. The molecular formula is C21H20ClN5. The normalized spacial score (nSPS) is 11.1. The van der Waals surface area contributed by atoms with E-state index in [1.807, 2.05) is 42.8 Å². The lowest BCUT2D eigenvalue weighted by Crippen LogP contribution is -2.09. The van der Waals surface area contributed by atoms with Crippen LogP contribution < -0.4 is 5.32 Å². The van der Waals surface area contributed by atoms with Gasteiger partial charge in [0.2, 0.25) is 0 Å². The molecule has 2 heterocycles. The number of nitrogens with zero attached hydrogens (tertiary/aromatic N) is 4. The summed E-state index contributed by atoms with van der Waals surface area (Å²) in [5.74, 6) is 1.31. The van der Waals surface area contributed by atoms with E-state index < -0.39 is 0 Å². The maximum absolute atomic E-state index is 6.15. The molecule has 0 aliphatic carbocycles. The molecule has 4 rings (SSSR count). The molecule has 0 radical (unpaired) electrons. The number of hydrogen-bond donors (Lipinski definition) is 1. The van der Waals surface area contributed by atoms with E-state index in [4.69, 9.17) is 21.6 Å². The number of aryl methyl sites for hydroxylation is 4. The number of fused-ring (bicyclic) bond motifs is 1. The molecule has 2 aromatic carbocycles. The molecule has 0 spiro atoms. The van der Waals surface area contributed by atoms with E-state index in [2.05, 4.69) is 42.5 Å². The van der Waals surface area contributed by atoms with Gasteiger partial charge >= 0.3 is 0 Å². The quantitative estimate of drug-likeness (QED) is 0.516. The Morgan fingerprint density at radius 1 is 0.889 bits per heavy atom. The van der Waals surface area contributed by atoms with Gasteiger partial charge in [-0.25, -0.2) is 14.6 Å². The molecule has 4 aromatic rings. The minimum atomic E-state index is 0.631. The summed E-state index contributed by atoms with van der Waals surface area (Å²) >= 11 is 6.15. The molecule has 2 aromatic heterocycles. The van der Waals surface area contributed by atoms with Crippen LogP contribution in [0.25, 0.3) is 16.9 Å². The van der Waals surface area contributed by atoms with E-state index in [1.165, 1.54) is 5.56 Å². The highest BCUT2D eigenvalue weighted by atomic mass is 35.5. The van der Waals surface area contributed by atoms with E-state index in [9.17, 15) is 0 Å². The maximum atomic E-state index is 6.15. The van der Waals surface area contributed by atoms with Crippen LogP contribution in [-0.4, -0.2) is 19.7 Å². The molecule has 0 fully saturated rings. The summed E-state index contributed by atoms with van der Waals surface area (Å²) < 4.78 is 1.82. The lowest BCUT2D eigenvalue weighted by molar-refractivity contribution is 0.808. The third-order valence-electron chi connectivity index (χ3n) is 4.46. The molecule has 27 heavy (non-hydrogen) atoms. The molecule has 1 N–H and O–H groups in total. The summed E-state index contributed by atoms with van der Waals surface area (Å²) in [7, 11) is 0. The molecule has 0 atom stereocenters. The van der Waals surface area contributed by atoms with Gasteiger partial charge in [0.15, 0.2) is 11.6 Å². The third-order valence-corrected chi connectivity index (χ3v) is 4.70. The second-order valence-electron chi connectivity index (χ2n) is 6.81. The minimum Gasteiger partial charge on any atom is -0.337 e. The van der Waals surface area contributed by atoms with Gasteiger partial charge in [0, 0.05) is 16.4 Å². The largest absolute Gasteiger partial charge is 0.337 e. The molecule has 0 bridgehead atoms. The van der Waals surface area contributed by atoms with E-state index in [1.54, 1.807) is 0 Å². The summed E-state index contributed by atoms with van der Waals surface area (Å²) in [5.41, 5.74) is 6.74. The standard InChI is InChI=1S/C21H20ClN5/c1-12-5-6-13(2)18(9-12)24-20-21(27-15(4)10-14(3)26-27)25-19-11-16(22)7-8-17(19)23-20/h5-11H,1-4H3,(H,23,24). The van der Waals surface area contributed by atoms with Crippen molar-refractivity contribution in [2.75, 3.05) is 5.32 Å². The molecule has 0 amide bonds. The van der Waals surface area contributed by atoms with E-state index in [0.717, 1.165) is 33.7 Å². The average Bonchev–Trinajstić information content (AvgIpc) is 2.96. The highest BCUT2D eigenvalue weighted by Crippen LogP contribution is 2.28. The van der Waals surface area contributed by atoms with Crippen LogP contribution in [-0.2, 0) is 0 Å². The van der Waals surface area contributed by atoms with Crippen molar-refractivity contribution in [3.63, 3.8) is 0 Å².